The van der Waals surface area contributed by atoms with Crippen LogP contribution in [0.1, 0.15) is 27.4 Å². The van der Waals surface area contributed by atoms with Crippen molar-refractivity contribution < 1.29 is 4.79 Å². The lowest BCUT2D eigenvalue weighted by molar-refractivity contribution is 0.0952. The van der Waals surface area contributed by atoms with Crippen LogP contribution in [0.25, 0.3) is 21.9 Å². The molecule has 1 unspecified atom stereocenters. The van der Waals surface area contributed by atoms with Crippen molar-refractivity contribution in [3.63, 3.8) is 0 Å². The van der Waals surface area contributed by atoms with E-state index in [1.54, 1.807) is 7.05 Å². The molecule has 9 nitrogen and oxygen atoms in total. The molecule has 0 radical (unpaired) electrons. The second kappa shape index (κ2) is 9.42. The average molecular weight is 497 g/mol. The maximum atomic E-state index is 13.2. The predicted octanol–water partition coefficient (Wildman–Crippen LogP) is 2.74. The van der Waals surface area contributed by atoms with Crippen LogP contribution in [-0.4, -0.2) is 45.6 Å². The number of aromatic nitrogens is 4. The first-order chi connectivity index (χ1) is 17.8. The standard InChI is InChI=1S/C28H28N6O3/c1-32(2)19-11-9-17(10-12-19)22(23-16-29-24-8-6-5-7-20(23)24)15-31-26(35)18-13-21-25(30-14-18)33(3)28(37)34(4)27(21)36/h5-14,16,22,29H,15H2,1-4H3,(H,31,35). The van der Waals surface area contributed by atoms with Gasteiger partial charge in [0.1, 0.15) is 5.65 Å². The fraction of sp³-hybridized carbons (Fsp3) is 0.214. The number of anilines is 1. The Morgan fingerprint density at radius 2 is 1.76 bits per heavy atom. The average Bonchev–Trinajstić information content (AvgIpc) is 3.34. The second-order valence-corrected chi connectivity index (χ2v) is 9.34. The second-order valence-electron chi connectivity index (χ2n) is 9.34. The highest BCUT2D eigenvalue weighted by Gasteiger charge is 2.20. The number of nitrogens with zero attached hydrogens (tertiary/aromatic N) is 4. The van der Waals surface area contributed by atoms with E-state index in [0.717, 1.165) is 32.3 Å². The zero-order valence-electron chi connectivity index (χ0n) is 21.1. The van der Waals surface area contributed by atoms with E-state index in [2.05, 4.69) is 45.6 Å². The molecule has 188 valence electrons. The number of benzene rings is 2. The van der Waals surface area contributed by atoms with Crippen molar-refractivity contribution in [2.45, 2.75) is 5.92 Å². The van der Waals surface area contributed by atoms with Crippen molar-refractivity contribution in [3.05, 3.63) is 105 Å². The molecular formula is C28H28N6O3. The molecule has 0 aliphatic heterocycles. The van der Waals surface area contributed by atoms with Gasteiger partial charge in [-0.05, 0) is 35.4 Å². The maximum absolute atomic E-state index is 13.2. The van der Waals surface area contributed by atoms with Gasteiger partial charge in [-0.25, -0.2) is 9.78 Å². The quantitative estimate of drug-likeness (QED) is 0.376. The third-order valence-corrected chi connectivity index (χ3v) is 6.83. The molecule has 1 amide bonds. The Balaban J connectivity index is 1.49. The van der Waals surface area contributed by atoms with Gasteiger partial charge in [-0.15, -0.1) is 0 Å². The van der Waals surface area contributed by atoms with Gasteiger partial charge in [0.15, 0.2) is 0 Å². The molecule has 1 atom stereocenters. The minimum absolute atomic E-state index is 0.113. The molecule has 5 rings (SSSR count). The van der Waals surface area contributed by atoms with Gasteiger partial charge in [0, 0.05) is 69.6 Å². The summed E-state index contributed by atoms with van der Waals surface area (Å²) < 4.78 is 2.30. The van der Waals surface area contributed by atoms with Gasteiger partial charge >= 0.3 is 5.69 Å². The van der Waals surface area contributed by atoms with Gasteiger partial charge < -0.3 is 15.2 Å². The maximum Gasteiger partial charge on any atom is 0.332 e. The summed E-state index contributed by atoms with van der Waals surface area (Å²) in [6.07, 6.45) is 3.38. The topological polar surface area (TPSA) is 105 Å². The Morgan fingerprint density at radius 1 is 1.03 bits per heavy atom. The summed E-state index contributed by atoms with van der Waals surface area (Å²) in [7, 11) is 6.94. The van der Waals surface area contributed by atoms with Crippen molar-refractivity contribution >= 4 is 33.5 Å². The number of hydrogen-bond acceptors (Lipinski definition) is 5. The molecule has 3 heterocycles. The summed E-state index contributed by atoms with van der Waals surface area (Å²) >= 11 is 0. The Labute approximate surface area is 213 Å². The Morgan fingerprint density at radius 3 is 2.49 bits per heavy atom. The number of para-hydroxylation sites is 1. The van der Waals surface area contributed by atoms with E-state index in [-0.39, 0.29) is 28.4 Å². The van der Waals surface area contributed by atoms with Crippen LogP contribution in [0, 0.1) is 0 Å². The molecule has 0 saturated carbocycles. The van der Waals surface area contributed by atoms with Crippen LogP contribution in [0.15, 0.2) is 76.6 Å². The van der Waals surface area contributed by atoms with Crippen molar-refractivity contribution in [2.75, 3.05) is 25.5 Å². The van der Waals surface area contributed by atoms with E-state index in [1.807, 2.05) is 43.4 Å². The monoisotopic (exact) mass is 496 g/mol. The van der Waals surface area contributed by atoms with Gasteiger partial charge in [-0.3, -0.25) is 18.7 Å². The van der Waals surface area contributed by atoms with Crippen LogP contribution in [0.4, 0.5) is 5.69 Å². The fourth-order valence-electron chi connectivity index (χ4n) is 4.68. The van der Waals surface area contributed by atoms with Crippen molar-refractivity contribution in [1.82, 2.24) is 24.4 Å². The van der Waals surface area contributed by atoms with Crippen molar-refractivity contribution in [3.8, 4) is 0 Å². The molecule has 0 spiro atoms. The van der Waals surface area contributed by atoms with E-state index in [4.69, 9.17) is 0 Å². The largest absolute Gasteiger partial charge is 0.378 e. The third-order valence-electron chi connectivity index (χ3n) is 6.83. The number of hydrogen-bond donors (Lipinski definition) is 2. The Bertz CT molecular complexity index is 1740. The lowest BCUT2D eigenvalue weighted by atomic mass is 9.90. The molecule has 37 heavy (non-hydrogen) atoms. The first-order valence-corrected chi connectivity index (χ1v) is 11.9. The Hall–Kier alpha value is -4.66. The smallest absolute Gasteiger partial charge is 0.332 e. The predicted molar refractivity (Wildman–Crippen MR) is 145 cm³/mol. The van der Waals surface area contributed by atoms with E-state index in [1.165, 1.54) is 23.9 Å². The van der Waals surface area contributed by atoms with E-state index >= 15 is 0 Å². The summed E-state index contributed by atoms with van der Waals surface area (Å²) in [6, 6.07) is 17.9. The first-order valence-electron chi connectivity index (χ1n) is 11.9. The minimum Gasteiger partial charge on any atom is -0.378 e. The number of rotatable bonds is 6. The molecular weight excluding hydrogens is 468 g/mol. The molecule has 5 aromatic rings. The number of fused-ring (bicyclic) bond motifs is 2. The zero-order valence-corrected chi connectivity index (χ0v) is 21.1. The van der Waals surface area contributed by atoms with Gasteiger partial charge in [0.25, 0.3) is 11.5 Å². The number of H-pyrrole nitrogens is 1. The summed E-state index contributed by atoms with van der Waals surface area (Å²) in [6.45, 7) is 0.339. The molecule has 2 N–H and O–H groups in total. The molecule has 0 bridgehead atoms. The van der Waals surface area contributed by atoms with Gasteiger partial charge in [0.05, 0.1) is 10.9 Å². The number of pyridine rings is 1. The van der Waals surface area contributed by atoms with Gasteiger partial charge in [-0.1, -0.05) is 30.3 Å². The van der Waals surface area contributed by atoms with Crippen LogP contribution >= 0.6 is 0 Å². The molecule has 0 aliphatic rings. The number of aryl methyl sites for hydroxylation is 1. The molecule has 0 aliphatic carbocycles. The molecule has 0 fully saturated rings. The summed E-state index contributed by atoms with van der Waals surface area (Å²) in [5.74, 6) is -0.460. The van der Waals surface area contributed by atoms with Crippen molar-refractivity contribution in [1.29, 1.82) is 0 Å². The third kappa shape index (κ3) is 4.29. The van der Waals surface area contributed by atoms with Gasteiger partial charge in [0.2, 0.25) is 0 Å². The summed E-state index contributed by atoms with van der Waals surface area (Å²) in [4.78, 5) is 47.7. The highest BCUT2D eigenvalue weighted by atomic mass is 16.2. The number of nitrogens with one attached hydrogen (secondary N) is 2. The van der Waals surface area contributed by atoms with E-state index in [0.29, 0.717) is 6.54 Å². The highest BCUT2D eigenvalue weighted by molar-refractivity contribution is 5.96. The molecule has 0 saturated heterocycles. The first kappa shape index (κ1) is 24.1. The van der Waals surface area contributed by atoms with Crippen LogP contribution < -0.4 is 21.5 Å². The highest BCUT2D eigenvalue weighted by Crippen LogP contribution is 2.31. The zero-order chi connectivity index (χ0) is 26.3. The van der Waals surface area contributed by atoms with Crippen LogP contribution in [0.5, 0.6) is 0 Å². The Kier molecular flexibility index (Phi) is 6.12. The number of carbonyl (C=O) groups excluding carboxylic acids is 1. The van der Waals surface area contributed by atoms with Crippen molar-refractivity contribution in [2.24, 2.45) is 14.1 Å². The number of carbonyl (C=O) groups is 1. The molecule has 2 aromatic carbocycles. The van der Waals surface area contributed by atoms with Gasteiger partial charge in [-0.2, -0.15) is 0 Å². The summed E-state index contributed by atoms with van der Waals surface area (Å²) in [5, 5.41) is 4.34. The summed E-state index contributed by atoms with van der Waals surface area (Å²) in [5.41, 5.74) is 3.79. The number of aromatic amines is 1. The lowest BCUT2D eigenvalue weighted by Gasteiger charge is -2.20. The normalized spacial score (nSPS) is 12.1. The lowest BCUT2D eigenvalue weighted by Crippen LogP contribution is -2.37. The fourth-order valence-corrected chi connectivity index (χ4v) is 4.68. The van der Waals surface area contributed by atoms with Crippen LogP contribution in [0.2, 0.25) is 0 Å². The van der Waals surface area contributed by atoms with E-state index < -0.39 is 11.2 Å². The van der Waals surface area contributed by atoms with Crippen LogP contribution in [0.3, 0.4) is 0 Å². The minimum atomic E-state index is -0.488. The number of amides is 1. The van der Waals surface area contributed by atoms with E-state index in [9.17, 15) is 14.4 Å². The molecule has 3 aromatic heterocycles. The molecule has 9 heteroatoms. The SMILES string of the molecule is CN(C)c1ccc(C(CNC(=O)c2cnc3c(c2)c(=O)n(C)c(=O)n3C)c2c[nH]c3ccccc23)cc1. The van der Waals surface area contributed by atoms with Crippen LogP contribution in [-0.2, 0) is 14.1 Å².